The van der Waals surface area contributed by atoms with Gasteiger partial charge < -0.3 is 0 Å². The maximum Gasteiger partial charge on any atom is 0.240 e. The Kier molecular flexibility index (Phi) is 4.44. The van der Waals surface area contributed by atoms with Crippen LogP contribution in [0.2, 0.25) is 0 Å². The highest BCUT2D eigenvalue weighted by Crippen LogP contribution is 2.11. The summed E-state index contributed by atoms with van der Waals surface area (Å²) >= 11 is 0. The van der Waals surface area contributed by atoms with Crippen LogP contribution >= 0.6 is 0 Å². The minimum absolute atomic E-state index is 0.0320. The van der Waals surface area contributed by atoms with Gasteiger partial charge >= 0.3 is 0 Å². The molecule has 1 rings (SSSR count). The molecule has 1 N–H and O–H groups in total. The summed E-state index contributed by atoms with van der Waals surface area (Å²) in [5.74, 6) is -0.550. The summed E-state index contributed by atoms with van der Waals surface area (Å²) in [5, 5.41) is 0. The van der Waals surface area contributed by atoms with Gasteiger partial charge in [0.1, 0.15) is 5.82 Å². The normalized spacial score (nSPS) is 13.7. The van der Waals surface area contributed by atoms with Crippen molar-refractivity contribution in [2.24, 2.45) is 0 Å². The highest BCUT2D eigenvalue weighted by Gasteiger charge is 2.16. The fourth-order valence-electron chi connectivity index (χ4n) is 1.46. The molecular weight excluding hydrogens is 229 g/mol. The Labute approximate surface area is 95.7 Å². The second-order valence-corrected chi connectivity index (χ2v) is 5.48. The van der Waals surface area contributed by atoms with Crippen LogP contribution in [-0.4, -0.2) is 14.5 Å². The third-order valence-corrected chi connectivity index (χ3v) is 3.77. The number of sulfonamides is 1. The molecule has 0 saturated carbocycles. The second kappa shape index (κ2) is 5.41. The Balaban J connectivity index is 2.86. The van der Waals surface area contributed by atoms with Crippen LogP contribution in [-0.2, 0) is 10.0 Å². The summed E-state index contributed by atoms with van der Waals surface area (Å²) in [4.78, 5) is -0.0320. The van der Waals surface area contributed by atoms with Crippen LogP contribution in [0.1, 0.15) is 26.7 Å². The summed E-state index contributed by atoms with van der Waals surface area (Å²) in [6.07, 6.45) is 1.65. The number of rotatable bonds is 5. The van der Waals surface area contributed by atoms with Gasteiger partial charge in [-0.2, -0.15) is 0 Å². The van der Waals surface area contributed by atoms with Gasteiger partial charge in [-0.25, -0.2) is 17.5 Å². The fourth-order valence-corrected chi connectivity index (χ4v) is 2.77. The monoisotopic (exact) mass is 245 g/mol. The standard InChI is InChI=1S/C11H16FNO2S/c1-3-5-9(2)13-16(14,15)11-7-4-6-10(12)8-11/h4,6-9,13H,3,5H2,1-2H3. The molecule has 1 aromatic rings. The third kappa shape index (κ3) is 3.57. The summed E-state index contributed by atoms with van der Waals surface area (Å²) in [6.45, 7) is 3.77. The number of hydrogen-bond acceptors (Lipinski definition) is 2. The van der Waals surface area contributed by atoms with Crippen LogP contribution in [0.15, 0.2) is 29.2 Å². The van der Waals surface area contributed by atoms with Gasteiger partial charge in [0.25, 0.3) is 0 Å². The van der Waals surface area contributed by atoms with Gasteiger partial charge in [0.05, 0.1) is 4.90 Å². The van der Waals surface area contributed by atoms with Crippen LogP contribution in [0.25, 0.3) is 0 Å². The Hall–Kier alpha value is -0.940. The zero-order valence-electron chi connectivity index (χ0n) is 9.40. The first-order chi connectivity index (χ1) is 7.45. The number of benzene rings is 1. The van der Waals surface area contributed by atoms with Crippen molar-refractivity contribution in [3.05, 3.63) is 30.1 Å². The number of nitrogens with one attached hydrogen (secondary N) is 1. The van der Waals surface area contributed by atoms with E-state index in [-0.39, 0.29) is 10.9 Å². The zero-order valence-corrected chi connectivity index (χ0v) is 10.2. The van der Waals surface area contributed by atoms with Gasteiger partial charge in [-0.05, 0) is 31.5 Å². The average molecular weight is 245 g/mol. The lowest BCUT2D eigenvalue weighted by atomic mass is 10.2. The average Bonchev–Trinajstić information content (AvgIpc) is 2.17. The first-order valence-electron chi connectivity index (χ1n) is 5.23. The van der Waals surface area contributed by atoms with Crippen molar-refractivity contribution in [2.75, 3.05) is 0 Å². The van der Waals surface area contributed by atoms with Gasteiger partial charge in [-0.15, -0.1) is 0 Å². The molecule has 0 amide bonds. The molecule has 1 unspecified atom stereocenters. The van der Waals surface area contributed by atoms with Crippen molar-refractivity contribution in [3.63, 3.8) is 0 Å². The molecule has 0 radical (unpaired) electrons. The molecule has 0 spiro atoms. The fraction of sp³-hybridized carbons (Fsp3) is 0.455. The Morgan fingerprint density at radius 3 is 2.69 bits per heavy atom. The predicted octanol–water partition coefficient (Wildman–Crippen LogP) is 2.29. The van der Waals surface area contributed by atoms with Crippen LogP contribution in [0.3, 0.4) is 0 Å². The minimum Gasteiger partial charge on any atom is -0.208 e. The molecule has 0 aliphatic rings. The number of hydrogen-bond donors (Lipinski definition) is 1. The quantitative estimate of drug-likeness (QED) is 0.865. The molecule has 0 bridgehead atoms. The van der Waals surface area contributed by atoms with Gasteiger partial charge in [0.2, 0.25) is 10.0 Å². The molecule has 0 heterocycles. The zero-order chi connectivity index (χ0) is 12.2. The molecule has 16 heavy (non-hydrogen) atoms. The summed E-state index contributed by atoms with van der Waals surface area (Å²) in [5.41, 5.74) is 0. The van der Waals surface area contributed by atoms with Gasteiger partial charge in [0.15, 0.2) is 0 Å². The Bertz CT molecular complexity index is 445. The van der Waals surface area contributed by atoms with Crippen LogP contribution in [0.5, 0.6) is 0 Å². The lowest BCUT2D eigenvalue weighted by Gasteiger charge is -2.13. The van der Waals surface area contributed by atoms with Crippen molar-refractivity contribution in [3.8, 4) is 0 Å². The van der Waals surface area contributed by atoms with Crippen LogP contribution in [0, 0.1) is 5.82 Å². The molecule has 0 aromatic heterocycles. The minimum atomic E-state index is -3.59. The topological polar surface area (TPSA) is 46.2 Å². The summed E-state index contributed by atoms with van der Waals surface area (Å²) < 4.78 is 39.0. The summed E-state index contributed by atoms with van der Waals surface area (Å²) in [7, 11) is -3.59. The van der Waals surface area contributed by atoms with E-state index in [0.717, 1.165) is 18.9 Å². The van der Waals surface area contributed by atoms with Crippen molar-refractivity contribution < 1.29 is 12.8 Å². The van der Waals surface area contributed by atoms with Crippen molar-refractivity contribution in [1.82, 2.24) is 4.72 Å². The molecule has 3 nitrogen and oxygen atoms in total. The lowest BCUT2D eigenvalue weighted by Crippen LogP contribution is -2.32. The van der Waals surface area contributed by atoms with E-state index in [2.05, 4.69) is 4.72 Å². The van der Waals surface area contributed by atoms with Crippen LogP contribution < -0.4 is 4.72 Å². The van der Waals surface area contributed by atoms with Gasteiger partial charge in [-0.1, -0.05) is 19.4 Å². The maximum atomic E-state index is 12.9. The van der Waals surface area contributed by atoms with E-state index in [0.29, 0.717) is 0 Å². The van der Waals surface area contributed by atoms with Crippen LogP contribution in [0.4, 0.5) is 4.39 Å². The smallest absolute Gasteiger partial charge is 0.208 e. The largest absolute Gasteiger partial charge is 0.240 e. The second-order valence-electron chi connectivity index (χ2n) is 3.77. The molecule has 1 atom stereocenters. The van der Waals surface area contributed by atoms with Gasteiger partial charge in [0, 0.05) is 6.04 Å². The van der Waals surface area contributed by atoms with E-state index < -0.39 is 15.8 Å². The molecule has 0 saturated heterocycles. The van der Waals surface area contributed by atoms with E-state index in [1.165, 1.54) is 18.2 Å². The Morgan fingerprint density at radius 2 is 2.12 bits per heavy atom. The van der Waals surface area contributed by atoms with E-state index in [9.17, 15) is 12.8 Å². The molecule has 90 valence electrons. The first-order valence-corrected chi connectivity index (χ1v) is 6.72. The van der Waals surface area contributed by atoms with E-state index >= 15 is 0 Å². The summed E-state index contributed by atoms with van der Waals surface area (Å²) in [6, 6.07) is 4.85. The highest BCUT2D eigenvalue weighted by atomic mass is 32.2. The maximum absolute atomic E-state index is 12.9. The predicted molar refractivity (Wildman–Crippen MR) is 61.1 cm³/mol. The van der Waals surface area contributed by atoms with E-state index in [1.54, 1.807) is 6.92 Å². The third-order valence-electron chi connectivity index (χ3n) is 2.18. The van der Waals surface area contributed by atoms with Gasteiger partial charge in [-0.3, -0.25) is 0 Å². The lowest BCUT2D eigenvalue weighted by molar-refractivity contribution is 0.542. The molecule has 0 aliphatic heterocycles. The van der Waals surface area contributed by atoms with Crippen molar-refractivity contribution >= 4 is 10.0 Å². The van der Waals surface area contributed by atoms with E-state index in [4.69, 9.17) is 0 Å². The Morgan fingerprint density at radius 1 is 1.44 bits per heavy atom. The SMILES string of the molecule is CCCC(C)NS(=O)(=O)c1cccc(F)c1. The molecular formula is C11H16FNO2S. The highest BCUT2D eigenvalue weighted by molar-refractivity contribution is 7.89. The molecule has 0 aliphatic carbocycles. The number of halogens is 1. The van der Waals surface area contributed by atoms with Crippen molar-refractivity contribution in [2.45, 2.75) is 37.6 Å². The van der Waals surface area contributed by atoms with Crippen molar-refractivity contribution in [1.29, 1.82) is 0 Å². The molecule has 5 heteroatoms. The molecule has 1 aromatic carbocycles. The first kappa shape index (κ1) is 13.1. The molecule has 0 fully saturated rings. The van der Waals surface area contributed by atoms with E-state index in [1.807, 2.05) is 6.92 Å².